The fourth-order valence-corrected chi connectivity index (χ4v) is 3.39. The van der Waals surface area contributed by atoms with E-state index in [2.05, 4.69) is 30.6 Å². The van der Waals surface area contributed by atoms with Gasteiger partial charge in [0.25, 0.3) is 0 Å². The fraction of sp³-hybridized carbons (Fsp3) is 0.938. The number of carbonyl (C=O) groups excluding carboxylic acids is 1. The summed E-state index contributed by atoms with van der Waals surface area (Å²) in [4.78, 5) is 16.8. The summed E-state index contributed by atoms with van der Waals surface area (Å²) in [5, 5.41) is 0. The van der Waals surface area contributed by atoms with Gasteiger partial charge >= 0.3 is 0 Å². The average Bonchev–Trinajstić information content (AvgIpc) is 2.37. The highest BCUT2D eigenvalue weighted by molar-refractivity contribution is 5.77. The van der Waals surface area contributed by atoms with E-state index in [4.69, 9.17) is 0 Å². The van der Waals surface area contributed by atoms with E-state index in [9.17, 15) is 4.79 Å². The summed E-state index contributed by atoms with van der Waals surface area (Å²) in [7, 11) is 0. The van der Waals surface area contributed by atoms with Gasteiger partial charge in [-0.3, -0.25) is 4.79 Å². The van der Waals surface area contributed by atoms with Gasteiger partial charge in [0.05, 0.1) is 0 Å². The zero-order valence-corrected chi connectivity index (χ0v) is 13.0. The lowest BCUT2D eigenvalue weighted by molar-refractivity contribution is -0.147. The second-order valence-corrected chi connectivity index (χ2v) is 6.81. The molecule has 1 spiro atoms. The summed E-state index contributed by atoms with van der Waals surface area (Å²) in [5.74, 6) is 0.923. The number of nitrogens with zero attached hydrogens (tertiary/aromatic N) is 2. The van der Waals surface area contributed by atoms with Crippen LogP contribution in [0.2, 0.25) is 0 Å². The zero-order valence-electron chi connectivity index (χ0n) is 13.0. The molecule has 0 aromatic heterocycles. The molecule has 2 rings (SSSR count). The minimum absolute atomic E-state index is 0.385. The van der Waals surface area contributed by atoms with Crippen molar-refractivity contribution in [1.29, 1.82) is 0 Å². The first-order valence-corrected chi connectivity index (χ1v) is 8.08. The van der Waals surface area contributed by atoms with E-state index in [1.165, 1.54) is 38.9 Å². The van der Waals surface area contributed by atoms with Crippen LogP contribution in [0.5, 0.6) is 0 Å². The summed E-state index contributed by atoms with van der Waals surface area (Å²) in [5.41, 5.74) is 0.482. The minimum Gasteiger partial charge on any atom is -0.341 e. The molecule has 19 heavy (non-hydrogen) atoms. The van der Waals surface area contributed by atoms with Crippen LogP contribution in [-0.2, 0) is 4.79 Å². The van der Waals surface area contributed by atoms with Crippen molar-refractivity contribution >= 4 is 5.91 Å². The standard InChI is InChI=1S/C16H30N2O/c1-4-8-17-9-6-16(7-10-17)12-18(13-16)15(19)11-14(3)5-2/h14H,4-13H2,1-3H3. The second-order valence-electron chi connectivity index (χ2n) is 6.81. The van der Waals surface area contributed by atoms with Gasteiger partial charge in [0.1, 0.15) is 0 Å². The number of carbonyl (C=O) groups is 1. The number of likely N-dealkylation sites (tertiary alicyclic amines) is 2. The molecule has 0 N–H and O–H groups in total. The monoisotopic (exact) mass is 266 g/mol. The molecular weight excluding hydrogens is 236 g/mol. The Labute approximate surface area is 118 Å². The van der Waals surface area contributed by atoms with Crippen LogP contribution in [0.3, 0.4) is 0 Å². The van der Waals surface area contributed by atoms with Crippen molar-refractivity contribution in [2.45, 2.75) is 52.9 Å². The topological polar surface area (TPSA) is 23.6 Å². The molecule has 0 saturated carbocycles. The lowest BCUT2D eigenvalue weighted by atomic mass is 9.71. The number of amides is 1. The average molecular weight is 266 g/mol. The van der Waals surface area contributed by atoms with Crippen molar-refractivity contribution in [3.05, 3.63) is 0 Å². The Bertz CT molecular complexity index is 300. The molecule has 0 radical (unpaired) electrons. The normalized spacial score (nSPS) is 24.3. The largest absolute Gasteiger partial charge is 0.341 e. The highest BCUT2D eigenvalue weighted by Crippen LogP contribution is 2.40. The maximum Gasteiger partial charge on any atom is 0.222 e. The summed E-state index contributed by atoms with van der Waals surface area (Å²) >= 11 is 0. The van der Waals surface area contributed by atoms with Crippen LogP contribution in [0, 0.1) is 11.3 Å². The lowest BCUT2D eigenvalue weighted by Crippen LogP contribution is -2.62. The van der Waals surface area contributed by atoms with Gasteiger partial charge in [0.2, 0.25) is 5.91 Å². The number of hydrogen-bond acceptors (Lipinski definition) is 2. The molecule has 1 amide bonds. The predicted molar refractivity (Wildman–Crippen MR) is 79.1 cm³/mol. The van der Waals surface area contributed by atoms with Gasteiger partial charge in [-0.05, 0) is 44.8 Å². The molecule has 2 aliphatic rings. The van der Waals surface area contributed by atoms with Gasteiger partial charge in [0, 0.05) is 24.9 Å². The summed E-state index contributed by atoms with van der Waals surface area (Å²) in [6.07, 6.45) is 5.69. The van der Waals surface area contributed by atoms with Crippen LogP contribution < -0.4 is 0 Å². The van der Waals surface area contributed by atoms with Crippen LogP contribution in [0.1, 0.15) is 52.9 Å². The highest BCUT2D eigenvalue weighted by atomic mass is 16.2. The summed E-state index contributed by atoms with van der Waals surface area (Å²) < 4.78 is 0. The van der Waals surface area contributed by atoms with Crippen molar-refractivity contribution in [3.8, 4) is 0 Å². The van der Waals surface area contributed by atoms with E-state index in [0.29, 0.717) is 17.2 Å². The molecule has 0 aliphatic carbocycles. The Kier molecular flexibility index (Phi) is 4.88. The fourth-order valence-electron chi connectivity index (χ4n) is 3.39. The van der Waals surface area contributed by atoms with Crippen molar-refractivity contribution in [3.63, 3.8) is 0 Å². The molecule has 0 aromatic carbocycles. The zero-order chi connectivity index (χ0) is 13.9. The van der Waals surface area contributed by atoms with E-state index in [0.717, 1.165) is 25.9 Å². The van der Waals surface area contributed by atoms with Gasteiger partial charge in [-0.1, -0.05) is 27.2 Å². The maximum absolute atomic E-state index is 12.1. The highest BCUT2D eigenvalue weighted by Gasteiger charge is 2.46. The number of hydrogen-bond donors (Lipinski definition) is 0. The van der Waals surface area contributed by atoms with Crippen LogP contribution in [0.25, 0.3) is 0 Å². The van der Waals surface area contributed by atoms with Crippen molar-refractivity contribution in [2.75, 3.05) is 32.7 Å². The van der Waals surface area contributed by atoms with Crippen molar-refractivity contribution in [2.24, 2.45) is 11.3 Å². The minimum atomic E-state index is 0.385. The molecule has 0 bridgehead atoms. The van der Waals surface area contributed by atoms with E-state index in [-0.39, 0.29) is 0 Å². The first kappa shape index (κ1) is 14.8. The molecule has 3 nitrogen and oxygen atoms in total. The predicted octanol–water partition coefficient (Wildman–Crippen LogP) is 2.76. The van der Waals surface area contributed by atoms with E-state index in [1.807, 2.05) is 0 Å². The molecular formula is C16H30N2O. The first-order valence-electron chi connectivity index (χ1n) is 8.08. The SMILES string of the molecule is CCCN1CCC2(CC1)CN(C(=O)CC(C)CC)C2. The van der Waals surface area contributed by atoms with E-state index < -0.39 is 0 Å². The van der Waals surface area contributed by atoms with Gasteiger partial charge in [0.15, 0.2) is 0 Å². The van der Waals surface area contributed by atoms with Gasteiger partial charge in [-0.15, -0.1) is 0 Å². The molecule has 3 heteroatoms. The molecule has 2 aliphatic heterocycles. The first-order chi connectivity index (χ1) is 9.08. The van der Waals surface area contributed by atoms with Gasteiger partial charge in [-0.25, -0.2) is 0 Å². The van der Waals surface area contributed by atoms with E-state index in [1.54, 1.807) is 0 Å². The van der Waals surface area contributed by atoms with Crippen molar-refractivity contribution < 1.29 is 4.79 Å². The molecule has 1 atom stereocenters. The van der Waals surface area contributed by atoms with Crippen LogP contribution in [-0.4, -0.2) is 48.4 Å². The summed E-state index contributed by atoms with van der Waals surface area (Å²) in [6.45, 7) is 12.4. The van der Waals surface area contributed by atoms with Crippen molar-refractivity contribution in [1.82, 2.24) is 9.80 Å². The number of rotatable bonds is 5. The Morgan fingerprint density at radius 2 is 1.84 bits per heavy atom. The van der Waals surface area contributed by atoms with Crippen LogP contribution in [0.15, 0.2) is 0 Å². The third kappa shape index (κ3) is 3.50. The lowest BCUT2D eigenvalue weighted by Gasteiger charge is -2.54. The smallest absolute Gasteiger partial charge is 0.222 e. The quantitative estimate of drug-likeness (QED) is 0.764. The number of piperidine rings is 1. The van der Waals surface area contributed by atoms with Crippen LogP contribution in [0.4, 0.5) is 0 Å². The Morgan fingerprint density at radius 1 is 1.21 bits per heavy atom. The third-order valence-corrected chi connectivity index (χ3v) is 5.08. The maximum atomic E-state index is 12.1. The van der Waals surface area contributed by atoms with Gasteiger partial charge in [-0.2, -0.15) is 0 Å². The molecule has 2 fully saturated rings. The molecule has 1 unspecified atom stereocenters. The Hall–Kier alpha value is -0.570. The van der Waals surface area contributed by atoms with Gasteiger partial charge < -0.3 is 9.80 Å². The third-order valence-electron chi connectivity index (χ3n) is 5.08. The Balaban J connectivity index is 1.72. The Morgan fingerprint density at radius 3 is 2.37 bits per heavy atom. The molecule has 2 heterocycles. The molecule has 110 valence electrons. The molecule has 2 saturated heterocycles. The van der Waals surface area contributed by atoms with Crippen LogP contribution >= 0.6 is 0 Å². The van der Waals surface area contributed by atoms with E-state index >= 15 is 0 Å². The second kappa shape index (κ2) is 6.25. The molecule has 0 aromatic rings. The summed E-state index contributed by atoms with van der Waals surface area (Å²) in [6, 6.07) is 0.